The van der Waals surface area contributed by atoms with Crippen LogP contribution in [-0.2, 0) is 39.8 Å². The van der Waals surface area contributed by atoms with Gasteiger partial charge in [-0.25, -0.2) is 14.4 Å². The topological polar surface area (TPSA) is 217 Å². The molecule has 13 nitrogen and oxygen atoms in total. The predicted octanol–water partition coefficient (Wildman–Crippen LogP) is 2.54. The average Bonchev–Trinajstić information content (AvgIpc) is 3.22. The number of ether oxygens (including phenoxy) is 3. The van der Waals surface area contributed by atoms with Gasteiger partial charge in [0.1, 0.15) is 6.10 Å². The molecule has 2 saturated heterocycles. The minimum atomic E-state index is -3.84. The minimum Gasteiger partial charge on any atom is -0.479 e. The van der Waals surface area contributed by atoms with Crippen molar-refractivity contribution in [2.45, 2.75) is 115 Å². The van der Waals surface area contributed by atoms with Crippen LogP contribution in [0.25, 0.3) is 0 Å². The first kappa shape index (κ1) is 37.1. The van der Waals surface area contributed by atoms with Crippen molar-refractivity contribution in [2.24, 2.45) is 17.8 Å². The van der Waals surface area contributed by atoms with Gasteiger partial charge in [-0.3, -0.25) is 4.79 Å². The molecule has 0 aliphatic carbocycles. The number of carbonyl (C=O) groups excluding carboxylic acids is 1. The molecular formula is C33H46O13. The molecule has 0 saturated carbocycles. The number of benzene rings is 1. The number of hydrogen-bond acceptors (Lipinski definition) is 10. The number of carbonyl (C=O) groups is 4. The summed E-state index contributed by atoms with van der Waals surface area (Å²) in [5, 5.41) is 64.2. The van der Waals surface area contributed by atoms with E-state index in [4.69, 9.17) is 14.2 Å². The fourth-order valence-electron chi connectivity index (χ4n) is 6.40. The average molecular weight is 651 g/mol. The third-order valence-corrected chi connectivity index (χ3v) is 9.32. The highest BCUT2D eigenvalue weighted by atomic mass is 16.8. The molecule has 2 aliphatic rings. The Kier molecular flexibility index (Phi) is 11.8. The number of rotatable bonds is 16. The van der Waals surface area contributed by atoms with Gasteiger partial charge in [0.25, 0.3) is 0 Å². The van der Waals surface area contributed by atoms with Crippen LogP contribution in [0, 0.1) is 17.8 Å². The maximum atomic E-state index is 13.0. The number of fused-ring (bicyclic) bond motifs is 2. The van der Waals surface area contributed by atoms with Crippen LogP contribution in [0.1, 0.15) is 72.3 Å². The summed E-state index contributed by atoms with van der Waals surface area (Å²) in [4.78, 5) is 50.7. The largest absolute Gasteiger partial charge is 0.479 e. The summed E-state index contributed by atoms with van der Waals surface area (Å²) >= 11 is 0. The summed E-state index contributed by atoms with van der Waals surface area (Å²) in [7, 11) is 0. The van der Waals surface area contributed by atoms with Gasteiger partial charge in [0.2, 0.25) is 23.1 Å². The molecule has 2 bridgehead atoms. The monoisotopic (exact) mass is 650 g/mol. The molecular weight excluding hydrogens is 604 g/mol. The highest BCUT2D eigenvalue weighted by Gasteiger charge is 2.85. The lowest BCUT2D eigenvalue weighted by molar-refractivity contribution is -0.371. The van der Waals surface area contributed by atoms with Crippen LogP contribution in [0.5, 0.6) is 0 Å². The Balaban J connectivity index is 1.98. The first-order valence-corrected chi connectivity index (χ1v) is 15.5. The molecule has 2 aliphatic heterocycles. The van der Waals surface area contributed by atoms with Crippen molar-refractivity contribution in [3.05, 3.63) is 47.5 Å². The maximum Gasteiger partial charge on any atom is 0.344 e. The van der Waals surface area contributed by atoms with E-state index in [2.05, 4.69) is 6.92 Å². The fraction of sp³-hybridized carbons (Fsp3) is 0.636. The summed E-state index contributed by atoms with van der Waals surface area (Å²) in [6.07, 6.45) is -5.38. The molecule has 1 aromatic rings. The summed E-state index contributed by atoms with van der Waals surface area (Å²) in [5.74, 6) is -10.0. The Morgan fingerprint density at radius 3 is 2.20 bits per heavy atom. The molecule has 0 aromatic heterocycles. The number of aliphatic hydroxyl groups is 3. The second-order valence-corrected chi connectivity index (χ2v) is 12.9. The van der Waals surface area contributed by atoms with Crippen molar-refractivity contribution in [3.63, 3.8) is 0 Å². The number of aliphatic hydroxyl groups excluding tert-OH is 2. The molecule has 2 heterocycles. The number of esters is 1. The third-order valence-electron chi connectivity index (χ3n) is 9.32. The van der Waals surface area contributed by atoms with E-state index in [1.807, 2.05) is 44.2 Å². The third kappa shape index (κ3) is 6.98. The van der Waals surface area contributed by atoms with Crippen LogP contribution < -0.4 is 0 Å². The maximum absolute atomic E-state index is 13.0. The van der Waals surface area contributed by atoms with Crippen LogP contribution in [0.2, 0.25) is 0 Å². The van der Waals surface area contributed by atoms with Gasteiger partial charge in [0.15, 0.2) is 6.10 Å². The van der Waals surface area contributed by atoms with Crippen LogP contribution >= 0.6 is 0 Å². The Hall–Kier alpha value is -3.36. The van der Waals surface area contributed by atoms with Crippen LogP contribution in [0.3, 0.4) is 0 Å². The molecule has 0 unspecified atom stereocenters. The van der Waals surface area contributed by atoms with Crippen LogP contribution in [0.15, 0.2) is 42.0 Å². The van der Waals surface area contributed by atoms with Gasteiger partial charge in [-0.15, -0.1) is 0 Å². The minimum absolute atomic E-state index is 0.0748. The summed E-state index contributed by atoms with van der Waals surface area (Å²) in [6, 6.07) is 9.37. The first-order chi connectivity index (χ1) is 21.5. The molecule has 2 fully saturated rings. The quantitative estimate of drug-likeness (QED) is 0.112. The fourth-order valence-corrected chi connectivity index (χ4v) is 6.40. The normalized spacial score (nSPS) is 31.8. The first-order valence-electron chi connectivity index (χ1n) is 15.5. The Labute approximate surface area is 267 Å². The van der Waals surface area contributed by atoms with Gasteiger partial charge in [-0.05, 0) is 55.1 Å². The number of aliphatic carboxylic acids is 3. The molecule has 6 N–H and O–H groups in total. The molecule has 1 aromatic carbocycles. The molecule has 0 amide bonds. The van der Waals surface area contributed by atoms with E-state index in [0.29, 0.717) is 24.3 Å². The van der Waals surface area contributed by atoms with Crippen molar-refractivity contribution in [3.8, 4) is 0 Å². The Morgan fingerprint density at radius 1 is 1.02 bits per heavy atom. The Morgan fingerprint density at radius 2 is 1.65 bits per heavy atom. The summed E-state index contributed by atoms with van der Waals surface area (Å²) in [5.41, 5.74) is -6.03. The standard InChI is InChI=1S/C33H46O13/c1-6-18(2)16-19(3)12-13-23(34)44-26-25(36)31(15-14-20(4)24(35)21(5)17-22-10-8-7-9-11-22)45-27(28(37)38)32(43,29(39)40)33(26,46-31)30(41)42/h7-11,14,18-19,21,24-27,35-36,43H,6,12-13,15-17H2,1-5H3,(H,37,38)(H,39,40)(H,41,42)/b20-14+/t18-,19+,21-,24-,25+,26+,27+,31-,32+,33-/m0/s1. The lowest BCUT2D eigenvalue weighted by Crippen LogP contribution is -2.78. The highest BCUT2D eigenvalue weighted by molar-refractivity contribution is 5.98. The van der Waals surface area contributed by atoms with Crippen LogP contribution in [0.4, 0.5) is 0 Å². The molecule has 13 heteroatoms. The van der Waals surface area contributed by atoms with E-state index in [9.17, 15) is 49.8 Å². The molecule has 0 spiro atoms. The molecule has 0 radical (unpaired) electrons. The smallest absolute Gasteiger partial charge is 0.344 e. The van der Waals surface area contributed by atoms with E-state index in [1.165, 1.54) is 6.08 Å². The van der Waals surface area contributed by atoms with Crippen molar-refractivity contribution in [2.75, 3.05) is 0 Å². The number of carboxylic acids is 3. The lowest BCUT2D eigenvalue weighted by atomic mass is 9.74. The zero-order valence-electron chi connectivity index (χ0n) is 26.8. The van der Waals surface area contributed by atoms with Gasteiger partial charge in [0.05, 0.1) is 6.10 Å². The Bertz CT molecular complexity index is 1300. The van der Waals surface area contributed by atoms with Gasteiger partial charge < -0.3 is 44.8 Å². The van der Waals surface area contributed by atoms with E-state index in [-0.39, 0.29) is 18.3 Å². The molecule has 256 valence electrons. The second-order valence-electron chi connectivity index (χ2n) is 12.9. The van der Waals surface area contributed by atoms with Gasteiger partial charge in [-0.2, -0.15) is 0 Å². The van der Waals surface area contributed by atoms with Crippen molar-refractivity contribution in [1.29, 1.82) is 0 Å². The van der Waals surface area contributed by atoms with Crippen molar-refractivity contribution < 1.29 is 64.0 Å². The zero-order valence-corrected chi connectivity index (χ0v) is 26.8. The van der Waals surface area contributed by atoms with E-state index in [0.717, 1.165) is 18.4 Å². The van der Waals surface area contributed by atoms with Crippen LogP contribution in [-0.4, -0.2) is 95.9 Å². The van der Waals surface area contributed by atoms with Gasteiger partial charge in [0, 0.05) is 12.8 Å². The highest BCUT2D eigenvalue weighted by Crippen LogP contribution is 2.55. The molecule has 3 rings (SSSR count). The van der Waals surface area contributed by atoms with Gasteiger partial charge in [-0.1, -0.05) is 70.5 Å². The van der Waals surface area contributed by atoms with E-state index < -0.39 is 71.7 Å². The zero-order chi connectivity index (χ0) is 34.6. The van der Waals surface area contributed by atoms with Crippen molar-refractivity contribution in [1.82, 2.24) is 0 Å². The van der Waals surface area contributed by atoms with E-state index in [1.54, 1.807) is 13.8 Å². The lowest BCUT2D eigenvalue weighted by Gasteiger charge is -2.48. The molecule has 46 heavy (non-hydrogen) atoms. The number of carboxylic acid groups (broad SMARTS) is 3. The van der Waals surface area contributed by atoms with E-state index >= 15 is 0 Å². The van der Waals surface area contributed by atoms with Gasteiger partial charge >= 0.3 is 23.9 Å². The SMILES string of the molecule is CC[C@H](C)C[C@H](C)CCC(=O)O[C@@H]1[C@@H](O)[C@@]2(C/C=C(\C)[C@H](O)[C@@H](C)Cc3ccccc3)O[C@H](C(=O)O)[C@@](O)(C(=O)O)[C@]1(C(=O)O)O2. The molecule has 10 atom stereocenters. The summed E-state index contributed by atoms with van der Waals surface area (Å²) in [6.45, 7) is 9.37. The predicted molar refractivity (Wildman–Crippen MR) is 161 cm³/mol. The second kappa shape index (κ2) is 14.6. The van der Waals surface area contributed by atoms with Crippen molar-refractivity contribution >= 4 is 23.9 Å². The number of hydrogen-bond donors (Lipinski definition) is 6. The summed E-state index contributed by atoms with van der Waals surface area (Å²) < 4.78 is 16.5.